The molecule has 20 heavy (non-hydrogen) atoms. The van der Waals surface area contributed by atoms with Gasteiger partial charge in [0, 0.05) is 19.5 Å². The molecule has 3 nitrogen and oxygen atoms in total. The third-order valence-corrected chi connectivity index (χ3v) is 4.07. The van der Waals surface area contributed by atoms with Crippen LogP contribution in [0.5, 0.6) is 0 Å². The summed E-state index contributed by atoms with van der Waals surface area (Å²) in [7, 11) is 4.11. The van der Waals surface area contributed by atoms with Gasteiger partial charge in [-0.3, -0.25) is 4.79 Å². The third-order valence-electron chi connectivity index (χ3n) is 4.07. The summed E-state index contributed by atoms with van der Waals surface area (Å²) in [6.07, 6.45) is 4.02. The van der Waals surface area contributed by atoms with E-state index in [2.05, 4.69) is 44.7 Å². The van der Waals surface area contributed by atoms with Crippen LogP contribution in [0.3, 0.4) is 0 Å². The molecule has 0 aromatic carbocycles. The molecule has 1 rings (SSSR count). The minimum Gasteiger partial charge on any atom is -0.343 e. The highest BCUT2D eigenvalue weighted by Gasteiger charge is 2.29. The first kappa shape index (κ1) is 19.4. The molecule has 1 fully saturated rings. The number of rotatable bonds is 4. The summed E-state index contributed by atoms with van der Waals surface area (Å²) in [5.74, 6) is 1.12. The number of hydrogen-bond acceptors (Lipinski definition) is 2. The summed E-state index contributed by atoms with van der Waals surface area (Å²) in [5.41, 5.74) is 0.389. The fourth-order valence-corrected chi connectivity index (χ4v) is 2.70. The van der Waals surface area contributed by atoms with Gasteiger partial charge in [0.2, 0.25) is 5.91 Å². The topological polar surface area (TPSA) is 23.6 Å². The highest BCUT2D eigenvalue weighted by atomic mass is 16.2. The molecule has 0 unspecified atom stereocenters. The SMILES string of the molecule is CC.CN(C)CCCC(=O)N1CCC(C(C)(C)C)CC1. The Kier molecular flexibility index (Phi) is 9.11. The molecule has 0 radical (unpaired) electrons. The van der Waals surface area contributed by atoms with E-state index in [0.717, 1.165) is 32.0 Å². The number of carbonyl (C=O) groups excluding carboxylic acids is 1. The van der Waals surface area contributed by atoms with Crippen molar-refractivity contribution >= 4 is 5.91 Å². The average molecular weight is 284 g/mol. The van der Waals surface area contributed by atoms with Crippen molar-refractivity contribution in [2.75, 3.05) is 33.7 Å². The van der Waals surface area contributed by atoms with E-state index in [1.54, 1.807) is 0 Å². The quantitative estimate of drug-likeness (QED) is 0.787. The molecule has 1 aliphatic heterocycles. The first-order valence-electron chi connectivity index (χ1n) is 8.23. The van der Waals surface area contributed by atoms with E-state index in [9.17, 15) is 4.79 Å². The third kappa shape index (κ3) is 7.28. The van der Waals surface area contributed by atoms with E-state index in [0.29, 0.717) is 17.7 Å². The molecule has 0 aromatic heterocycles. The summed E-state index contributed by atoms with van der Waals surface area (Å²) in [6, 6.07) is 0. The molecule has 0 aliphatic carbocycles. The molecule has 0 N–H and O–H groups in total. The highest BCUT2D eigenvalue weighted by Crippen LogP contribution is 2.34. The van der Waals surface area contributed by atoms with Gasteiger partial charge in [-0.25, -0.2) is 0 Å². The molecule has 0 bridgehead atoms. The zero-order valence-corrected chi connectivity index (χ0v) is 14.8. The number of nitrogens with zero attached hydrogens (tertiary/aromatic N) is 2. The van der Waals surface area contributed by atoms with E-state index < -0.39 is 0 Å². The van der Waals surface area contributed by atoms with Crippen molar-refractivity contribution in [2.45, 2.75) is 60.3 Å². The van der Waals surface area contributed by atoms with Gasteiger partial charge >= 0.3 is 0 Å². The van der Waals surface area contributed by atoms with Crippen LogP contribution in [-0.4, -0.2) is 49.4 Å². The van der Waals surface area contributed by atoms with Gasteiger partial charge < -0.3 is 9.80 Å². The highest BCUT2D eigenvalue weighted by molar-refractivity contribution is 5.76. The van der Waals surface area contributed by atoms with Crippen molar-refractivity contribution in [3.05, 3.63) is 0 Å². The molecule has 1 aliphatic rings. The van der Waals surface area contributed by atoms with Gasteiger partial charge in [-0.2, -0.15) is 0 Å². The van der Waals surface area contributed by atoms with Crippen molar-refractivity contribution in [1.29, 1.82) is 0 Å². The Balaban J connectivity index is 0.00000172. The summed E-state index contributed by atoms with van der Waals surface area (Å²) in [4.78, 5) is 16.2. The Morgan fingerprint density at radius 2 is 1.65 bits per heavy atom. The molecule has 0 saturated carbocycles. The van der Waals surface area contributed by atoms with E-state index in [1.807, 2.05) is 13.8 Å². The van der Waals surface area contributed by atoms with Gasteiger partial charge in [-0.1, -0.05) is 34.6 Å². The van der Waals surface area contributed by atoms with E-state index in [-0.39, 0.29) is 0 Å². The lowest BCUT2D eigenvalue weighted by Crippen LogP contribution is -2.41. The van der Waals surface area contributed by atoms with Gasteiger partial charge in [0.05, 0.1) is 0 Å². The number of hydrogen-bond donors (Lipinski definition) is 0. The van der Waals surface area contributed by atoms with Crippen molar-refractivity contribution in [1.82, 2.24) is 9.80 Å². The molecule has 0 atom stereocenters. The molecular weight excluding hydrogens is 248 g/mol. The second-order valence-corrected chi connectivity index (χ2v) is 6.93. The van der Waals surface area contributed by atoms with Crippen molar-refractivity contribution < 1.29 is 4.79 Å². The van der Waals surface area contributed by atoms with E-state index >= 15 is 0 Å². The van der Waals surface area contributed by atoms with Crippen molar-refractivity contribution in [2.24, 2.45) is 11.3 Å². The predicted molar refractivity (Wildman–Crippen MR) is 87.9 cm³/mol. The zero-order chi connectivity index (χ0) is 15.8. The minimum absolute atomic E-state index is 0.351. The lowest BCUT2D eigenvalue weighted by atomic mass is 9.75. The number of piperidine rings is 1. The maximum Gasteiger partial charge on any atom is 0.222 e. The van der Waals surface area contributed by atoms with Crippen LogP contribution in [-0.2, 0) is 4.79 Å². The van der Waals surface area contributed by atoms with Crippen LogP contribution in [0.25, 0.3) is 0 Å². The first-order valence-corrected chi connectivity index (χ1v) is 8.23. The molecule has 1 saturated heterocycles. The van der Waals surface area contributed by atoms with Gasteiger partial charge in [0.1, 0.15) is 0 Å². The van der Waals surface area contributed by atoms with Gasteiger partial charge in [0.25, 0.3) is 0 Å². The molecule has 0 spiro atoms. The number of amides is 1. The first-order chi connectivity index (χ1) is 9.30. The van der Waals surface area contributed by atoms with Gasteiger partial charge in [-0.05, 0) is 51.2 Å². The molecular formula is C17H36N2O. The van der Waals surface area contributed by atoms with Crippen molar-refractivity contribution in [3.8, 4) is 0 Å². The summed E-state index contributed by atoms with van der Waals surface area (Å²) < 4.78 is 0. The predicted octanol–water partition coefficient (Wildman–Crippen LogP) is 3.64. The zero-order valence-electron chi connectivity index (χ0n) is 14.8. The Hall–Kier alpha value is -0.570. The largest absolute Gasteiger partial charge is 0.343 e. The maximum absolute atomic E-state index is 12.0. The second-order valence-electron chi connectivity index (χ2n) is 6.93. The lowest BCUT2D eigenvalue weighted by molar-refractivity contribution is -0.133. The molecule has 0 aromatic rings. The van der Waals surface area contributed by atoms with Crippen LogP contribution in [0.4, 0.5) is 0 Å². The Bertz CT molecular complexity index is 261. The fraction of sp³-hybridized carbons (Fsp3) is 0.941. The Morgan fingerprint density at radius 3 is 2.05 bits per heavy atom. The standard InChI is InChI=1S/C15H30N2O.C2H6/c1-15(2,3)13-8-11-17(12-9-13)14(18)7-6-10-16(4)5;1-2/h13H,6-12H2,1-5H3;1-2H3. The van der Waals surface area contributed by atoms with Crippen LogP contribution in [0, 0.1) is 11.3 Å². The smallest absolute Gasteiger partial charge is 0.222 e. The van der Waals surface area contributed by atoms with Crippen molar-refractivity contribution in [3.63, 3.8) is 0 Å². The maximum atomic E-state index is 12.0. The minimum atomic E-state index is 0.351. The average Bonchev–Trinajstić information content (AvgIpc) is 2.39. The molecule has 1 amide bonds. The Morgan fingerprint density at radius 1 is 1.15 bits per heavy atom. The van der Waals surface area contributed by atoms with Crippen LogP contribution in [0.15, 0.2) is 0 Å². The summed E-state index contributed by atoms with van der Waals surface area (Å²) >= 11 is 0. The van der Waals surface area contributed by atoms with Crippen LogP contribution in [0.2, 0.25) is 0 Å². The van der Waals surface area contributed by atoms with Crippen LogP contribution in [0.1, 0.15) is 60.3 Å². The van der Waals surface area contributed by atoms with E-state index in [1.165, 1.54) is 12.8 Å². The van der Waals surface area contributed by atoms with Gasteiger partial charge in [0.15, 0.2) is 0 Å². The molecule has 3 heteroatoms. The second kappa shape index (κ2) is 9.38. The van der Waals surface area contributed by atoms with Crippen LogP contribution < -0.4 is 0 Å². The van der Waals surface area contributed by atoms with E-state index in [4.69, 9.17) is 0 Å². The molecule has 120 valence electrons. The monoisotopic (exact) mass is 284 g/mol. The molecule has 1 heterocycles. The normalized spacial score (nSPS) is 16.9. The Labute approximate surface area is 126 Å². The summed E-state index contributed by atoms with van der Waals surface area (Å²) in [6.45, 7) is 13.9. The summed E-state index contributed by atoms with van der Waals surface area (Å²) in [5, 5.41) is 0. The van der Waals surface area contributed by atoms with Crippen LogP contribution >= 0.6 is 0 Å². The van der Waals surface area contributed by atoms with Gasteiger partial charge in [-0.15, -0.1) is 0 Å². The number of carbonyl (C=O) groups is 1. The lowest BCUT2D eigenvalue weighted by Gasteiger charge is -2.38. The number of likely N-dealkylation sites (tertiary alicyclic amines) is 1. The fourth-order valence-electron chi connectivity index (χ4n) is 2.70.